The highest BCUT2D eigenvalue weighted by molar-refractivity contribution is 6.30. The van der Waals surface area contributed by atoms with Crippen LogP contribution in [0.1, 0.15) is 11.3 Å². The summed E-state index contributed by atoms with van der Waals surface area (Å²) >= 11 is 5.90. The number of halogens is 1. The maximum atomic E-state index is 5.90. The van der Waals surface area contributed by atoms with Crippen molar-refractivity contribution in [1.29, 1.82) is 0 Å². The number of nitrogens with zero attached hydrogens (tertiary/aromatic N) is 3. The lowest BCUT2D eigenvalue weighted by molar-refractivity contribution is 1.02. The van der Waals surface area contributed by atoms with Crippen LogP contribution >= 0.6 is 11.6 Å². The molecule has 2 aromatic heterocycles. The lowest BCUT2D eigenvalue weighted by atomic mass is 10.3. The highest BCUT2D eigenvalue weighted by Crippen LogP contribution is 2.19. The lowest BCUT2D eigenvalue weighted by Gasteiger charge is -2.10. The summed E-state index contributed by atoms with van der Waals surface area (Å²) in [4.78, 5) is 13.0. The van der Waals surface area contributed by atoms with E-state index in [1.807, 2.05) is 55.6 Å². The maximum Gasteiger partial charge on any atom is 0.225 e. The van der Waals surface area contributed by atoms with Gasteiger partial charge < -0.3 is 10.6 Å². The van der Waals surface area contributed by atoms with Gasteiger partial charge in [-0.1, -0.05) is 17.7 Å². The second-order valence-corrected chi connectivity index (χ2v) is 5.50. The summed E-state index contributed by atoms with van der Waals surface area (Å²) in [6.07, 6.45) is 3.57. The van der Waals surface area contributed by atoms with Crippen molar-refractivity contribution >= 4 is 29.1 Å². The molecular weight excluding hydrogens is 310 g/mol. The molecule has 0 aliphatic carbocycles. The fourth-order valence-electron chi connectivity index (χ4n) is 2.08. The normalized spacial score (nSPS) is 10.3. The van der Waals surface area contributed by atoms with Crippen LogP contribution in [-0.4, -0.2) is 15.0 Å². The Labute approximate surface area is 139 Å². The van der Waals surface area contributed by atoms with E-state index in [9.17, 15) is 0 Å². The van der Waals surface area contributed by atoms with Crippen molar-refractivity contribution in [1.82, 2.24) is 15.0 Å². The van der Waals surface area contributed by atoms with Crippen LogP contribution in [0.3, 0.4) is 0 Å². The molecule has 0 unspecified atom stereocenters. The minimum Gasteiger partial charge on any atom is -0.350 e. The summed E-state index contributed by atoms with van der Waals surface area (Å²) in [5, 5.41) is 7.16. The Kier molecular flexibility index (Phi) is 4.68. The van der Waals surface area contributed by atoms with Crippen LogP contribution in [0.4, 0.5) is 17.5 Å². The molecule has 5 nitrogen and oxygen atoms in total. The van der Waals surface area contributed by atoms with E-state index in [2.05, 4.69) is 25.6 Å². The first-order chi connectivity index (χ1) is 11.2. The molecule has 2 N–H and O–H groups in total. The van der Waals surface area contributed by atoms with Crippen molar-refractivity contribution in [2.45, 2.75) is 13.5 Å². The summed E-state index contributed by atoms with van der Waals surface area (Å²) < 4.78 is 0. The molecule has 3 aromatic rings. The molecule has 0 bridgehead atoms. The molecular formula is C17H16ClN5. The molecule has 0 fully saturated rings. The van der Waals surface area contributed by atoms with Crippen LogP contribution in [0.25, 0.3) is 0 Å². The number of aryl methyl sites for hydroxylation is 1. The van der Waals surface area contributed by atoms with Gasteiger partial charge in [0.05, 0.1) is 0 Å². The van der Waals surface area contributed by atoms with E-state index in [0.717, 1.165) is 22.8 Å². The fourth-order valence-corrected chi connectivity index (χ4v) is 2.20. The molecule has 3 rings (SSSR count). The number of nitrogens with one attached hydrogen (secondary N) is 2. The van der Waals surface area contributed by atoms with Gasteiger partial charge in [-0.2, -0.15) is 4.98 Å². The Balaban J connectivity index is 1.72. The van der Waals surface area contributed by atoms with Gasteiger partial charge in [0.1, 0.15) is 5.82 Å². The zero-order chi connectivity index (χ0) is 16.1. The molecule has 0 spiro atoms. The second kappa shape index (κ2) is 7.07. The Bertz CT molecular complexity index is 775. The Hall–Kier alpha value is -2.66. The molecule has 116 valence electrons. The predicted octanol–water partition coefficient (Wildman–Crippen LogP) is 4.19. The van der Waals surface area contributed by atoms with Gasteiger partial charge in [-0.15, -0.1) is 0 Å². The highest BCUT2D eigenvalue weighted by atomic mass is 35.5. The molecule has 2 heterocycles. The monoisotopic (exact) mass is 325 g/mol. The number of rotatable bonds is 5. The third kappa shape index (κ3) is 4.40. The molecule has 23 heavy (non-hydrogen) atoms. The zero-order valence-electron chi connectivity index (χ0n) is 12.6. The van der Waals surface area contributed by atoms with Gasteiger partial charge in [0, 0.05) is 41.4 Å². The van der Waals surface area contributed by atoms with E-state index in [1.165, 1.54) is 0 Å². The topological polar surface area (TPSA) is 62.7 Å². The van der Waals surface area contributed by atoms with E-state index in [0.29, 0.717) is 17.5 Å². The van der Waals surface area contributed by atoms with Gasteiger partial charge in [0.2, 0.25) is 5.95 Å². The van der Waals surface area contributed by atoms with Gasteiger partial charge in [-0.05, 0) is 42.8 Å². The van der Waals surface area contributed by atoms with Crippen molar-refractivity contribution in [2.75, 3.05) is 10.6 Å². The average Bonchev–Trinajstić information content (AvgIpc) is 2.56. The van der Waals surface area contributed by atoms with Crippen molar-refractivity contribution in [3.8, 4) is 0 Å². The van der Waals surface area contributed by atoms with Gasteiger partial charge in [-0.25, -0.2) is 4.98 Å². The van der Waals surface area contributed by atoms with Crippen molar-refractivity contribution < 1.29 is 0 Å². The van der Waals surface area contributed by atoms with Crippen molar-refractivity contribution in [3.63, 3.8) is 0 Å². The van der Waals surface area contributed by atoms with E-state index < -0.39 is 0 Å². The second-order valence-electron chi connectivity index (χ2n) is 5.06. The zero-order valence-corrected chi connectivity index (χ0v) is 13.4. The van der Waals surface area contributed by atoms with Crippen molar-refractivity contribution in [2.24, 2.45) is 0 Å². The van der Waals surface area contributed by atoms with Crippen LogP contribution in [0, 0.1) is 6.92 Å². The van der Waals surface area contributed by atoms with Gasteiger partial charge >= 0.3 is 0 Å². The third-order valence-electron chi connectivity index (χ3n) is 3.14. The number of pyridine rings is 1. The van der Waals surface area contributed by atoms with Gasteiger partial charge in [-0.3, -0.25) is 4.98 Å². The lowest BCUT2D eigenvalue weighted by Crippen LogP contribution is -2.06. The molecule has 0 saturated carbocycles. The first-order valence-electron chi connectivity index (χ1n) is 7.20. The van der Waals surface area contributed by atoms with E-state index in [4.69, 9.17) is 11.6 Å². The predicted molar refractivity (Wildman–Crippen MR) is 93.1 cm³/mol. The van der Waals surface area contributed by atoms with Crippen molar-refractivity contribution in [3.05, 3.63) is 71.1 Å². The fraction of sp³-hybridized carbons (Fsp3) is 0.118. The number of hydrogen-bond acceptors (Lipinski definition) is 5. The van der Waals surface area contributed by atoms with Crippen LogP contribution in [0.15, 0.2) is 54.9 Å². The molecule has 0 aliphatic heterocycles. The first-order valence-corrected chi connectivity index (χ1v) is 7.58. The molecule has 0 atom stereocenters. The number of anilines is 3. The number of hydrogen-bond donors (Lipinski definition) is 2. The van der Waals surface area contributed by atoms with Gasteiger partial charge in [0.15, 0.2) is 0 Å². The number of benzene rings is 1. The minimum absolute atomic E-state index is 0.574. The molecule has 1 aromatic carbocycles. The smallest absolute Gasteiger partial charge is 0.225 e. The largest absolute Gasteiger partial charge is 0.350 e. The summed E-state index contributed by atoms with van der Waals surface area (Å²) in [5.74, 6) is 1.30. The van der Waals surface area contributed by atoms with Crippen LogP contribution in [0.5, 0.6) is 0 Å². The average molecular weight is 326 g/mol. The van der Waals surface area contributed by atoms with Crippen LogP contribution < -0.4 is 10.6 Å². The van der Waals surface area contributed by atoms with Crippen LogP contribution in [-0.2, 0) is 6.54 Å². The molecule has 0 radical (unpaired) electrons. The number of aromatic nitrogens is 3. The maximum absolute atomic E-state index is 5.90. The first kappa shape index (κ1) is 15.2. The van der Waals surface area contributed by atoms with Crippen LogP contribution in [0.2, 0.25) is 5.02 Å². The quantitative estimate of drug-likeness (QED) is 0.736. The van der Waals surface area contributed by atoms with E-state index in [1.54, 1.807) is 6.20 Å². The summed E-state index contributed by atoms with van der Waals surface area (Å²) in [5.41, 5.74) is 2.88. The molecule has 0 aliphatic rings. The minimum atomic E-state index is 0.574. The Morgan fingerprint density at radius 1 is 1.09 bits per heavy atom. The molecule has 6 heteroatoms. The molecule has 0 saturated heterocycles. The van der Waals surface area contributed by atoms with Gasteiger partial charge in [0.25, 0.3) is 0 Å². The molecule has 0 amide bonds. The summed E-state index contributed by atoms with van der Waals surface area (Å²) in [6, 6.07) is 13.3. The SMILES string of the molecule is Cc1cc(Nc2ccc(Cl)cc2)nc(NCc2cccnc2)n1. The third-order valence-corrected chi connectivity index (χ3v) is 3.40. The van der Waals surface area contributed by atoms with E-state index >= 15 is 0 Å². The standard InChI is InChI=1S/C17H16ClN5/c1-12-9-16(22-15-6-4-14(18)5-7-15)23-17(21-12)20-11-13-3-2-8-19-10-13/h2-10H,11H2,1H3,(H2,20,21,22,23). The van der Waals surface area contributed by atoms with E-state index in [-0.39, 0.29) is 0 Å². The summed E-state index contributed by atoms with van der Waals surface area (Å²) in [6.45, 7) is 2.56. The Morgan fingerprint density at radius 3 is 2.65 bits per heavy atom. The Morgan fingerprint density at radius 2 is 1.91 bits per heavy atom. The summed E-state index contributed by atoms with van der Waals surface area (Å²) in [7, 11) is 0. The highest BCUT2D eigenvalue weighted by Gasteiger charge is 2.03.